The Hall–Kier alpha value is -3.19. The minimum atomic E-state index is -0.236. The zero-order chi connectivity index (χ0) is 18.4. The van der Waals surface area contributed by atoms with Crippen molar-refractivity contribution in [3.8, 4) is 0 Å². The average molecular weight is 375 g/mol. The molecule has 1 aliphatic rings. The maximum absolute atomic E-state index is 12.5. The second-order valence-corrected chi connectivity index (χ2v) is 7.67. The summed E-state index contributed by atoms with van der Waals surface area (Å²) in [6, 6.07) is 13.6. The van der Waals surface area contributed by atoms with Gasteiger partial charge in [0, 0.05) is 16.5 Å². The van der Waals surface area contributed by atoms with Crippen LogP contribution < -0.4 is 11.2 Å². The molecule has 5 rings (SSSR count). The van der Waals surface area contributed by atoms with Crippen molar-refractivity contribution in [3.63, 3.8) is 0 Å². The van der Waals surface area contributed by atoms with Gasteiger partial charge in [-0.15, -0.1) is 0 Å². The summed E-state index contributed by atoms with van der Waals surface area (Å²) in [4.78, 5) is 20.2. The molecular weight excluding hydrogens is 358 g/mol. The molecule has 0 spiro atoms. The Morgan fingerprint density at radius 1 is 1.22 bits per heavy atom. The first-order chi connectivity index (χ1) is 13.2. The number of carbonyl (C=O) groups excluding carboxylic acids is 1. The number of hydrogen-bond acceptors (Lipinski definition) is 5. The van der Waals surface area contributed by atoms with E-state index in [0.717, 1.165) is 46.4 Å². The number of aromatic amines is 1. The SMILES string of the molecule is Nc1nc2ccc(C(=O)N/N=C3/CCCc4c3[nH]c3ccccc43)cc2s1. The topological polar surface area (TPSA) is 96.2 Å². The molecule has 2 aromatic heterocycles. The number of H-pyrrole nitrogens is 1. The van der Waals surface area contributed by atoms with Crippen LogP contribution in [0.4, 0.5) is 5.13 Å². The summed E-state index contributed by atoms with van der Waals surface area (Å²) < 4.78 is 0.892. The zero-order valence-corrected chi connectivity index (χ0v) is 15.3. The molecule has 0 radical (unpaired) electrons. The predicted molar refractivity (Wildman–Crippen MR) is 109 cm³/mol. The number of thiazole rings is 1. The van der Waals surface area contributed by atoms with Crippen LogP contribution in [-0.4, -0.2) is 21.6 Å². The van der Waals surface area contributed by atoms with Gasteiger partial charge in [0.1, 0.15) is 0 Å². The molecule has 6 nitrogen and oxygen atoms in total. The minimum Gasteiger partial charge on any atom is -0.375 e. The first-order valence-corrected chi connectivity index (χ1v) is 9.63. The molecule has 0 saturated heterocycles. The van der Waals surface area contributed by atoms with Gasteiger partial charge in [0.25, 0.3) is 5.91 Å². The van der Waals surface area contributed by atoms with E-state index in [1.807, 2.05) is 12.1 Å². The van der Waals surface area contributed by atoms with E-state index < -0.39 is 0 Å². The minimum absolute atomic E-state index is 0.236. The lowest BCUT2D eigenvalue weighted by Crippen LogP contribution is -2.22. The summed E-state index contributed by atoms with van der Waals surface area (Å²) >= 11 is 1.37. The molecule has 0 atom stereocenters. The van der Waals surface area contributed by atoms with Gasteiger partial charge in [0.05, 0.1) is 21.6 Å². The number of fused-ring (bicyclic) bond motifs is 4. The van der Waals surface area contributed by atoms with E-state index in [-0.39, 0.29) is 5.91 Å². The highest BCUT2D eigenvalue weighted by Gasteiger charge is 2.21. The molecule has 0 aliphatic heterocycles. The largest absolute Gasteiger partial charge is 0.375 e. The lowest BCUT2D eigenvalue weighted by atomic mass is 9.94. The van der Waals surface area contributed by atoms with Gasteiger partial charge < -0.3 is 10.7 Å². The van der Waals surface area contributed by atoms with E-state index in [4.69, 9.17) is 5.73 Å². The fraction of sp³-hybridized carbons (Fsp3) is 0.150. The predicted octanol–water partition coefficient (Wildman–Crippen LogP) is 3.83. The highest BCUT2D eigenvalue weighted by molar-refractivity contribution is 7.22. The van der Waals surface area contributed by atoms with Crippen molar-refractivity contribution >= 4 is 49.2 Å². The van der Waals surface area contributed by atoms with Crippen LogP contribution in [0.3, 0.4) is 0 Å². The fourth-order valence-electron chi connectivity index (χ4n) is 3.64. The van der Waals surface area contributed by atoms with E-state index in [2.05, 4.69) is 32.6 Å². The molecule has 2 heterocycles. The standard InChI is InChI=1S/C20H17N5OS/c21-20-23-15-9-8-11(10-17(15)27-20)19(26)25-24-16-7-3-5-13-12-4-1-2-6-14(12)22-18(13)16/h1-2,4,6,8-10,22H,3,5,7H2,(H2,21,23)(H,25,26)/b24-16-. The Balaban J connectivity index is 1.44. The van der Waals surface area contributed by atoms with Gasteiger partial charge in [-0.05, 0) is 49.1 Å². The number of nitrogens with zero attached hydrogens (tertiary/aromatic N) is 2. The number of para-hydroxylation sites is 1. The van der Waals surface area contributed by atoms with Crippen molar-refractivity contribution < 1.29 is 4.79 Å². The van der Waals surface area contributed by atoms with Gasteiger partial charge in [-0.3, -0.25) is 4.79 Å². The number of hydrogen-bond donors (Lipinski definition) is 3. The van der Waals surface area contributed by atoms with Crippen molar-refractivity contribution in [3.05, 3.63) is 59.3 Å². The number of aryl methyl sites for hydroxylation is 1. The number of rotatable bonds is 2. The smallest absolute Gasteiger partial charge is 0.271 e. The number of nitrogen functional groups attached to an aromatic ring is 1. The number of nitrogens with two attached hydrogens (primary N) is 1. The van der Waals surface area contributed by atoms with Gasteiger partial charge in [-0.25, -0.2) is 10.4 Å². The van der Waals surface area contributed by atoms with Gasteiger partial charge in [-0.2, -0.15) is 5.10 Å². The summed E-state index contributed by atoms with van der Waals surface area (Å²) in [5.41, 5.74) is 14.1. The van der Waals surface area contributed by atoms with Gasteiger partial charge in [0.2, 0.25) is 0 Å². The van der Waals surface area contributed by atoms with Crippen LogP contribution in [0, 0.1) is 0 Å². The third-order valence-electron chi connectivity index (χ3n) is 4.90. The van der Waals surface area contributed by atoms with Gasteiger partial charge in [0.15, 0.2) is 5.13 Å². The normalized spacial score (nSPS) is 15.3. The van der Waals surface area contributed by atoms with E-state index in [9.17, 15) is 4.79 Å². The Morgan fingerprint density at radius 3 is 3.04 bits per heavy atom. The van der Waals surface area contributed by atoms with Crippen LogP contribution in [0.5, 0.6) is 0 Å². The molecule has 1 aliphatic carbocycles. The lowest BCUT2D eigenvalue weighted by molar-refractivity contribution is 0.0955. The van der Waals surface area contributed by atoms with Crippen LogP contribution in [0.1, 0.15) is 34.5 Å². The number of benzene rings is 2. The highest BCUT2D eigenvalue weighted by atomic mass is 32.1. The third kappa shape index (κ3) is 2.76. The maximum atomic E-state index is 12.5. The molecule has 0 fully saturated rings. The molecule has 0 unspecified atom stereocenters. The maximum Gasteiger partial charge on any atom is 0.271 e. The molecular formula is C20H17N5OS. The van der Waals surface area contributed by atoms with Crippen LogP contribution in [0.25, 0.3) is 21.1 Å². The van der Waals surface area contributed by atoms with Crippen molar-refractivity contribution in [2.75, 3.05) is 5.73 Å². The highest BCUT2D eigenvalue weighted by Crippen LogP contribution is 2.29. The number of aromatic nitrogens is 2. The van der Waals surface area contributed by atoms with Crippen molar-refractivity contribution in [2.45, 2.75) is 19.3 Å². The quantitative estimate of drug-likeness (QED) is 0.465. The Labute approximate surface area is 159 Å². The average Bonchev–Trinajstić information content (AvgIpc) is 3.25. The molecule has 4 N–H and O–H groups in total. The fourth-order valence-corrected chi connectivity index (χ4v) is 4.42. The molecule has 1 amide bonds. The van der Waals surface area contributed by atoms with Gasteiger partial charge >= 0.3 is 0 Å². The number of anilines is 1. The molecule has 7 heteroatoms. The van der Waals surface area contributed by atoms with Crippen molar-refractivity contribution in [1.29, 1.82) is 0 Å². The monoisotopic (exact) mass is 375 g/mol. The van der Waals surface area contributed by atoms with E-state index >= 15 is 0 Å². The van der Waals surface area contributed by atoms with E-state index in [1.54, 1.807) is 18.2 Å². The lowest BCUT2D eigenvalue weighted by Gasteiger charge is -2.14. The Kier molecular flexibility index (Phi) is 3.68. The third-order valence-corrected chi connectivity index (χ3v) is 5.75. The summed E-state index contributed by atoms with van der Waals surface area (Å²) in [6.07, 6.45) is 2.88. The molecule has 2 aromatic carbocycles. The second kappa shape index (κ2) is 6.21. The number of amides is 1. The molecule has 27 heavy (non-hydrogen) atoms. The van der Waals surface area contributed by atoms with Crippen LogP contribution in [0.2, 0.25) is 0 Å². The molecule has 4 aromatic rings. The summed E-state index contributed by atoms with van der Waals surface area (Å²) in [6.45, 7) is 0. The first-order valence-electron chi connectivity index (χ1n) is 8.82. The Morgan fingerprint density at radius 2 is 2.11 bits per heavy atom. The first kappa shape index (κ1) is 16.0. The van der Waals surface area contributed by atoms with E-state index in [0.29, 0.717) is 10.7 Å². The molecule has 0 bridgehead atoms. The zero-order valence-electron chi connectivity index (χ0n) is 14.5. The summed E-state index contributed by atoms with van der Waals surface area (Å²) in [5.74, 6) is -0.236. The number of carbonyl (C=O) groups is 1. The summed E-state index contributed by atoms with van der Waals surface area (Å²) in [5, 5.41) is 6.16. The van der Waals surface area contributed by atoms with Crippen LogP contribution >= 0.6 is 11.3 Å². The van der Waals surface area contributed by atoms with Crippen LogP contribution in [0.15, 0.2) is 47.6 Å². The number of hydrazone groups is 1. The van der Waals surface area contributed by atoms with Crippen LogP contribution in [-0.2, 0) is 6.42 Å². The van der Waals surface area contributed by atoms with E-state index in [1.165, 1.54) is 22.3 Å². The molecule has 0 saturated carbocycles. The molecule has 134 valence electrons. The summed E-state index contributed by atoms with van der Waals surface area (Å²) in [7, 11) is 0. The van der Waals surface area contributed by atoms with Crippen molar-refractivity contribution in [1.82, 2.24) is 15.4 Å². The second-order valence-electron chi connectivity index (χ2n) is 6.61. The number of nitrogens with one attached hydrogen (secondary N) is 2. The Bertz CT molecular complexity index is 1220. The van der Waals surface area contributed by atoms with Crippen molar-refractivity contribution in [2.24, 2.45) is 5.10 Å². The van der Waals surface area contributed by atoms with Gasteiger partial charge in [-0.1, -0.05) is 29.5 Å².